The van der Waals surface area contributed by atoms with Gasteiger partial charge in [-0.3, -0.25) is 0 Å². The van der Waals surface area contributed by atoms with Gasteiger partial charge in [0.1, 0.15) is 13.1 Å². The minimum atomic E-state index is 0.122. The molecule has 3 aromatic rings. The Hall–Kier alpha value is -2.48. The molecule has 0 aliphatic heterocycles. The quantitative estimate of drug-likeness (QED) is 0.564. The van der Waals surface area contributed by atoms with Crippen LogP contribution in [0.2, 0.25) is 0 Å². The molecule has 2 nitrogen and oxygen atoms in total. The zero-order valence-corrected chi connectivity index (χ0v) is 17.0. The monoisotopic (exact) mass is 358 g/mol. The molecule has 27 heavy (non-hydrogen) atoms. The Kier molecular flexibility index (Phi) is 4.59. The Morgan fingerprint density at radius 2 is 1.30 bits per heavy atom. The molecule has 0 atom stereocenters. The normalized spacial score (nSPS) is 14.1. The van der Waals surface area contributed by atoms with Crippen molar-refractivity contribution in [2.45, 2.75) is 59.0 Å². The highest BCUT2D eigenvalue weighted by Gasteiger charge is 2.42. The molecule has 0 bridgehead atoms. The molecular formula is C25H30N2+2. The average molecular weight is 359 g/mol. The number of fused-ring (bicyclic) bond motifs is 3. The van der Waals surface area contributed by atoms with Crippen molar-refractivity contribution in [3.05, 3.63) is 72.3 Å². The fraction of sp³-hybridized carbons (Fsp3) is 0.360. The van der Waals surface area contributed by atoms with Crippen molar-refractivity contribution < 1.29 is 9.13 Å². The Morgan fingerprint density at radius 3 is 1.93 bits per heavy atom. The van der Waals surface area contributed by atoms with Crippen molar-refractivity contribution in [2.75, 3.05) is 0 Å². The molecule has 2 heteroatoms. The van der Waals surface area contributed by atoms with Gasteiger partial charge in [-0.25, -0.2) is 9.13 Å². The first-order chi connectivity index (χ1) is 13.2. The molecule has 0 amide bonds. The lowest BCUT2D eigenvalue weighted by molar-refractivity contribution is -0.694. The minimum Gasteiger partial charge on any atom is -0.205 e. The molecule has 0 fully saturated rings. The third-order valence-corrected chi connectivity index (χ3v) is 6.52. The molecule has 0 unspecified atom stereocenters. The second-order valence-electron chi connectivity index (χ2n) is 7.57. The van der Waals surface area contributed by atoms with Gasteiger partial charge in [0.25, 0.3) is 0 Å². The maximum atomic E-state index is 2.45. The van der Waals surface area contributed by atoms with E-state index in [-0.39, 0.29) is 5.41 Å². The molecule has 0 spiro atoms. The van der Waals surface area contributed by atoms with Gasteiger partial charge >= 0.3 is 0 Å². The van der Waals surface area contributed by atoms with E-state index in [1.807, 2.05) is 0 Å². The molecule has 0 N–H and O–H groups in total. The molecule has 138 valence electrons. The minimum absolute atomic E-state index is 0.122. The van der Waals surface area contributed by atoms with Gasteiger partial charge in [0, 0.05) is 29.2 Å². The van der Waals surface area contributed by atoms with Gasteiger partial charge in [-0.05, 0) is 60.6 Å². The van der Waals surface area contributed by atoms with E-state index in [4.69, 9.17) is 0 Å². The predicted octanol–water partition coefficient (Wildman–Crippen LogP) is 5.05. The van der Waals surface area contributed by atoms with Crippen LogP contribution in [-0.4, -0.2) is 0 Å². The largest absolute Gasteiger partial charge is 0.205 e. The molecule has 1 aliphatic carbocycles. The van der Waals surface area contributed by atoms with Crippen LogP contribution in [0.5, 0.6) is 0 Å². The van der Waals surface area contributed by atoms with E-state index in [9.17, 15) is 0 Å². The number of pyridine rings is 2. The predicted molar refractivity (Wildman–Crippen MR) is 110 cm³/mol. The lowest BCUT2D eigenvalue weighted by Gasteiger charge is -2.28. The summed E-state index contributed by atoms with van der Waals surface area (Å²) in [6.07, 6.45) is 11.2. The van der Waals surface area contributed by atoms with Gasteiger partial charge in [-0.15, -0.1) is 0 Å². The molecule has 2 heterocycles. The Labute approximate surface area is 163 Å². The van der Waals surface area contributed by atoms with Crippen LogP contribution in [0.25, 0.3) is 22.3 Å². The zero-order chi connectivity index (χ0) is 19.0. The van der Waals surface area contributed by atoms with E-state index in [2.05, 4.69) is 98.0 Å². The second kappa shape index (κ2) is 6.92. The average Bonchev–Trinajstić information content (AvgIpc) is 3.02. The van der Waals surface area contributed by atoms with Crippen LogP contribution < -0.4 is 9.13 Å². The second-order valence-corrected chi connectivity index (χ2v) is 7.57. The van der Waals surface area contributed by atoms with E-state index in [0.717, 1.165) is 25.9 Å². The number of nitrogens with zero attached hydrogens (tertiary/aromatic N) is 2. The van der Waals surface area contributed by atoms with Crippen LogP contribution in [0, 0.1) is 0 Å². The summed E-state index contributed by atoms with van der Waals surface area (Å²) < 4.78 is 4.52. The summed E-state index contributed by atoms with van der Waals surface area (Å²) in [5.41, 5.74) is 8.57. The molecule has 1 aromatic carbocycles. The van der Waals surface area contributed by atoms with Crippen LogP contribution in [0.4, 0.5) is 0 Å². The molecule has 0 saturated heterocycles. The van der Waals surface area contributed by atoms with Crippen LogP contribution in [-0.2, 0) is 18.5 Å². The maximum Gasteiger partial charge on any atom is 0.173 e. The first-order valence-electron chi connectivity index (χ1n) is 10.3. The fourth-order valence-corrected chi connectivity index (χ4v) is 4.72. The van der Waals surface area contributed by atoms with Gasteiger partial charge in [-0.1, -0.05) is 26.0 Å². The van der Waals surface area contributed by atoms with Gasteiger partial charge in [0.15, 0.2) is 24.8 Å². The first kappa shape index (κ1) is 17.9. The highest BCUT2D eigenvalue weighted by atomic mass is 14.9. The molecular weight excluding hydrogens is 328 g/mol. The number of rotatable bonds is 5. The van der Waals surface area contributed by atoms with Crippen molar-refractivity contribution in [1.29, 1.82) is 0 Å². The van der Waals surface area contributed by atoms with Crippen LogP contribution >= 0.6 is 0 Å². The summed E-state index contributed by atoms with van der Waals surface area (Å²) in [5.74, 6) is 0. The van der Waals surface area contributed by atoms with E-state index >= 15 is 0 Å². The summed E-state index contributed by atoms with van der Waals surface area (Å²) in [7, 11) is 0. The van der Waals surface area contributed by atoms with Gasteiger partial charge in [-0.2, -0.15) is 0 Å². The summed E-state index contributed by atoms with van der Waals surface area (Å²) in [4.78, 5) is 0. The topological polar surface area (TPSA) is 7.76 Å². The van der Waals surface area contributed by atoms with Crippen molar-refractivity contribution in [1.82, 2.24) is 0 Å². The molecule has 4 rings (SSSR count). The van der Waals surface area contributed by atoms with E-state index in [0.29, 0.717) is 0 Å². The number of benzene rings is 1. The Morgan fingerprint density at radius 1 is 0.667 bits per heavy atom. The van der Waals surface area contributed by atoms with Crippen molar-refractivity contribution in [3.63, 3.8) is 0 Å². The standard InChI is InChI=1S/C25H30N2/c1-5-25(6-2)23-17-20(19-11-14-26(7-3)15-12-19)9-10-21(23)22-13-16-27(8-4)18-24(22)25/h9-18H,5-8H2,1-4H3/q+2. The third kappa shape index (κ3) is 2.70. The highest BCUT2D eigenvalue weighted by Crippen LogP contribution is 2.52. The number of aryl methyl sites for hydroxylation is 2. The number of aromatic nitrogens is 2. The summed E-state index contributed by atoms with van der Waals surface area (Å²) >= 11 is 0. The van der Waals surface area contributed by atoms with E-state index in [1.54, 1.807) is 0 Å². The van der Waals surface area contributed by atoms with Crippen molar-refractivity contribution in [3.8, 4) is 22.3 Å². The number of hydrogen-bond acceptors (Lipinski definition) is 0. The Bertz CT molecular complexity index is 966. The highest BCUT2D eigenvalue weighted by molar-refractivity contribution is 5.83. The molecule has 1 aliphatic rings. The lowest BCUT2D eigenvalue weighted by atomic mass is 9.74. The van der Waals surface area contributed by atoms with Crippen LogP contribution in [0.1, 0.15) is 51.7 Å². The van der Waals surface area contributed by atoms with Crippen molar-refractivity contribution in [2.24, 2.45) is 0 Å². The van der Waals surface area contributed by atoms with Gasteiger partial charge in [0.2, 0.25) is 0 Å². The molecule has 0 saturated carbocycles. The molecule has 2 aromatic heterocycles. The van der Waals surface area contributed by atoms with E-state index in [1.165, 1.54) is 33.4 Å². The van der Waals surface area contributed by atoms with Crippen molar-refractivity contribution >= 4 is 0 Å². The lowest BCUT2D eigenvalue weighted by Crippen LogP contribution is -2.34. The smallest absolute Gasteiger partial charge is 0.173 e. The third-order valence-electron chi connectivity index (χ3n) is 6.52. The maximum absolute atomic E-state index is 2.45. The fourth-order valence-electron chi connectivity index (χ4n) is 4.72. The summed E-state index contributed by atoms with van der Waals surface area (Å²) in [5, 5.41) is 0. The zero-order valence-electron chi connectivity index (χ0n) is 17.0. The Balaban J connectivity index is 1.88. The summed E-state index contributed by atoms with van der Waals surface area (Å²) in [6.45, 7) is 11.1. The van der Waals surface area contributed by atoms with E-state index < -0.39 is 0 Å². The van der Waals surface area contributed by atoms with Gasteiger partial charge < -0.3 is 0 Å². The van der Waals surface area contributed by atoms with Crippen LogP contribution in [0.3, 0.4) is 0 Å². The first-order valence-corrected chi connectivity index (χ1v) is 10.3. The SMILES string of the molecule is CC[n+]1ccc(-c2ccc3c(c2)C(CC)(CC)c2c[n+](CC)ccc2-3)cc1. The van der Waals surface area contributed by atoms with Crippen LogP contribution in [0.15, 0.2) is 61.2 Å². The molecule has 0 radical (unpaired) electrons. The summed E-state index contributed by atoms with van der Waals surface area (Å²) in [6, 6.07) is 13.9. The number of hydrogen-bond donors (Lipinski definition) is 0. The van der Waals surface area contributed by atoms with Gasteiger partial charge in [0.05, 0.1) is 0 Å².